The van der Waals surface area contributed by atoms with Gasteiger partial charge < -0.3 is 15.2 Å². The Labute approximate surface area is 119 Å². The molecule has 2 aromatic carbocycles. The Morgan fingerprint density at radius 2 is 1.90 bits per heavy atom. The predicted molar refractivity (Wildman–Crippen MR) is 80.1 cm³/mol. The Hall–Kier alpha value is -2.00. The van der Waals surface area contributed by atoms with Crippen molar-refractivity contribution >= 4 is 5.69 Å². The second-order valence-corrected chi connectivity index (χ2v) is 5.03. The van der Waals surface area contributed by atoms with Crippen LogP contribution in [-0.4, -0.2) is 18.3 Å². The molecule has 0 radical (unpaired) electrons. The van der Waals surface area contributed by atoms with E-state index in [0.717, 1.165) is 24.3 Å². The van der Waals surface area contributed by atoms with Gasteiger partial charge in [-0.25, -0.2) is 0 Å². The van der Waals surface area contributed by atoms with Gasteiger partial charge in [-0.1, -0.05) is 24.3 Å². The minimum atomic E-state index is 0.0405. The summed E-state index contributed by atoms with van der Waals surface area (Å²) >= 11 is 0. The number of aliphatic hydroxyl groups excluding tert-OH is 1. The number of aryl methyl sites for hydroxylation is 1. The molecule has 3 heteroatoms. The molecular formula is C17H19NO2. The summed E-state index contributed by atoms with van der Waals surface area (Å²) < 4.78 is 5.36. The fourth-order valence-corrected chi connectivity index (χ4v) is 2.72. The zero-order chi connectivity index (χ0) is 13.8. The van der Waals surface area contributed by atoms with Crippen LogP contribution >= 0.6 is 0 Å². The van der Waals surface area contributed by atoms with E-state index in [2.05, 4.69) is 29.6 Å². The van der Waals surface area contributed by atoms with Crippen LogP contribution in [-0.2, 0) is 6.42 Å². The van der Waals surface area contributed by atoms with E-state index in [9.17, 15) is 0 Å². The third-order valence-corrected chi connectivity index (χ3v) is 3.69. The van der Waals surface area contributed by atoms with Crippen LogP contribution in [0, 0.1) is 0 Å². The van der Waals surface area contributed by atoms with E-state index < -0.39 is 0 Å². The molecule has 0 aromatic heterocycles. The van der Waals surface area contributed by atoms with Crippen LogP contribution < -0.4 is 10.1 Å². The first-order chi connectivity index (χ1) is 9.86. The van der Waals surface area contributed by atoms with Crippen LogP contribution in [0.1, 0.15) is 23.6 Å². The molecule has 0 bridgehead atoms. The van der Waals surface area contributed by atoms with Crippen LogP contribution in [0.4, 0.5) is 5.69 Å². The monoisotopic (exact) mass is 269 g/mol. The lowest BCUT2D eigenvalue weighted by Gasteiger charge is -2.16. The van der Waals surface area contributed by atoms with Crippen molar-refractivity contribution in [3.05, 3.63) is 59.7 Å². The molecule has 20 heavy (non-hydrogen) atoms. The topological polar surface area (TPSA) is 41.5 Å². The molecule has 0 aliphatic heterocycles. The van der Waals surface area contributed by atoms with Gasteiger partial charge in [0.05, 0.1) is 12.6 Å². The molecule has 1 aliphatic rings. The van der Waals surface area contributed by atoms with E-state index in [1.54, 1.807) is 0 Å². The fraction of sp³-hybridized carbons (Fsp3) is 0.294. The van der Waals surface area contributed by atoms with Crippen molar-refractivity contribution in [1.29, 1.82) is 0 Å². The van der Waals surface area contributed by atoms with Crippen molar-refractivity contribution in [3.8, 4) is 5.75 Å². The third-order valence-electron chi connectivity index (χ3n) is 3.69. The van der Waals surface area contributed by atoms with Crippen LogP contribution in [0.2, 0.25) is 0 Å². The van der Waals surface area contributed by atoms with Gasteiger partial charge in [-0.2, -0.15) is 0 Å². The lowest BCUT2D eigenvalue weighted by atomic mass is 10.1. The summed E-state index contributed by atoms with van der Waals surface area (Å²) in [5, 5.41) is 12.3. The molecule has 1 atom stereocenters. The lowest BCUT2D eigenvalue weighted by Crippen LogP contribution is -2.07. The molecule has 3 rings (SSSR count). The average molecular weight is 269 g/mol. The number of benzene rings is 2. The highest BCUT2D eigenvalue weighted by Gasteiger charge is 2.21. The number of rotatable bonds is 5. The fourth-order valence-electron chi connectivity index (χ4n) is 2.72. The summed E-state index contributed by atoms with van der Waals surface area (Å²) in [6.45, 7) is 0.377. The van der Waals surface area contributed by atoms with Crippen molar-refractivity contribution < 1.29 is 9.84 Å². The summed E-state index contributed by atoms with van der Waals surface area (Å²) in [6, 6.07) is 16.9. The van der Waals surface area contributed by atoms with E-state index >= 15 is 0 Å². The van der Waals surface area contributed by atoms with Crippen molar-refractivity contribution in [2.24, 2.45) is 0 Å². The highest BCUT2D eigenvalue weighted by Crippen LogP contribution is 2.33. The summed E-state index contributed by atoms with van der Waals surface area (Å²) in [4.78, 5) is 0. The van der Waals surface area contributed by atoms with Crippen LogP contribution in [0.5, 0.6) is 5.75 Å². The molecule has 1 unspecified atom stereocenters. The number of nitrogens with one attached hydrogen (secondary N) is 1. The third kappa shape index (κ3) is 2.78. The summed E-state index contributed by atoms with van der Waals surface area (Å²) in [5.74, 6) is 0.788. The van der Waals surface area contributed by atoms with E-state index in [1.165, 1.54) is 11.1 Å². The van der Waals surface area contributed by atoms with Gasteiger partial charge in [0, 0.05) is 5.69 Å². The number of aliphatic hydroxyl groups is 1. The van der Waals surface area contributed by atoms with Gasteiger partial charge in [0.15, 0.2) is 0 Å². The Kier molecular flexibility index (Phi) is 3.88. The van der Waals surface area contributed by atoms with Gasteiger partial charge in [-0.3, -0.25) is 0 Å². The van der Waals surface area contributed by atoms with Crippen molar-refractivity contribution in [2.75, 3.05) is 18.5 Å². The largest absolute Gasteiger partial charge is 0.491 e. The predicted octanol–water partition coefficient (Wildman–Crippen LogP) is 3.16. The normalized spacial score (nSPS) is 16.8. The molecule has 2 N–H and O–H groups in total. The maximum Gasteiger partial charge on any atom is 0.119 e. The average Bonchev–Trinajstić information content (AvgIpc) is 2.90. The highest BCUT2D eigenvalue weighted by atomic mass is 16.5. The minimum absolute atomic E-state index is 0.0405. The number of hydrogen-bond donors (Lipinski definition) is 2. The molecule has 104 valence electrons. The Bertz CT molecular complexity index is 565. The number of anilines is 1. The summed E-state index contributed by atoms with van der Waals surface area (Å²) in [7, 11) is 0. The van der Waals surface area contributed by atoms with Gasteiger partial charge in [-0.15, -0.1) is 0 Å². The SMILES string of the molecule is OCCOc1ccc(NC2CCc3ccccc32)cc1. The van der Waals surface area contributed by atoms with Gasteiger partial charge >= 0.3 is 0 Å². The number of hydrogen-bond acceptors (Lipinski definition) is 3. The highest BCUT2D eigenvalue weighted by molar-refractivity contribution is 5.50. The zero-order valence-corrected chi connectivity index (χ0v) is 11.4. The van der Waals surface area contributed by atoms with Crippen LogP contribution in [0.3, 0.4) is 0 Å². The maximum atomic E-state index is 8.73. The van der Waals surface area contributed by atoms with Gasteiger partial charge in [-0.05, 0) is 48.2 Å². The second kappa shape index (κ2) is 5.97. The van der Waals surface area contributed by atoms with E-state index in [-0.39, 0.29) is 6.61 Å². The molecule has 0 heterocycles. The Balaban J connectivity index is 1.67. The molecule has 1 aliphatic carbocycles. The molecule has 0 spiro atoms. The molecular weight excluding hydrogens is 250 g/mol. The van der Waals surface area contributed by atoms with Crippen LogP contribution in [0.15, 0.2) is 48.5 Å². The molecule has 0 saturated heterocycles. The quantitative estimate of drug-likeness (QED) is 0.876. The summed E-state index contributed by atoms with van der Waals surface area (Å²) in [6.07, 6.45) is 2.29. The minimum Gasteiger partial charge on any atom is -0.491 e. The Morgan fingerprint density at radius 1 is 1.10 bits per heavy atom. The van der Waals surface area contributed by atoms with Gasteiger partial charge in [0.2, 0.25) is 0 Å². The molecule has 0 saturated carbocycles. The first kappa shape index (κ1) is 13.0. The first-order valence-corrected chi connectivity index (χ1v) is 7.05. The smallest absolute Gasteiger partial charge is 0.119 e. The van der Waals surface area contributed by atoms with E-state index in [1.807, 2.05) is 24.3 Å². The second-order valence-electron chi connectivity index (χ2n) is 5.03. The number of ether oxygens (including phenoxy) is 1. The van der Waals surface area contributed by atoms with Gasteiger partial charge in [0.1, 0.15) is 12.4 Å². The number of fused-ring (bicyclic) bond motifs is 1. The van der Waals surface area contributed by atoms with Crippen molar-refractivity contribution in [3.63, 3.8) is 0 Å². The summed E-state index contributed by atoms with van der Waals surface area (Å²) in [5.41, 5.74) is 3.96. The maximum absolute atomic E-state index is 8.73. The lowest BCUT2D eigenvalue weighted by molar-refractivity contribution is 0.201. The zero-order valence-electron chi connectivity index (χ0n) is 11.4. The van der Waals surface area contributed by atoms with E-state index in [0.29, 0.717) is 12.6 Å². The van der Waals surface area contributed by atoms with E-state index in [4.69, 9.17) is 9.84 Å². The first-order valence-electron chi connectivity index (χ1n) is 7.05. The Morgan fingerprint density at radius 3 is 2.70 bits per heavy atom. The van der Waals surface area contributed by atoms with Crippen molar-refractivity contribution in [1.82, 2.24) is 0 Å². The van der Waals surface area contributed by atoms with Crippen LogP contribution in [0.25, 0.3) is 0 Å². The molecule has 3 nitrogen and oxygen atoms in total. The molecule has 2 aromatic rings. The molecule has 0 amide bonds. The van der Waals surface area contributed by atoms with Gasteiger partial charge in [0.25, 0.3) is 0 Å². The standard InChI is InChI=1S/C17H19NO2/c19-11-12-20-15-8-6-14(7-9-15)18-17-10-5-13-3-1-2-4-16(13)17/h1-4,6-9,17-19H,5,10-12H2. The molecule has 0 fully saturated rings. The van der Waals surface area contributed by atoms with Crippen molar-refractivity contribution in [2.45, 2.75) is 18.9 Å².